The molecule has 150 valence electrons. The molecule has 0 heterocycles. The fourth-order valence-corrected chi connectivity index (χ4v) is 2.47. The molecule has 0 aliphatic carbocycles. The second-order valence-electron chi connectivity index (χ2n) is 5.88. The van der Waals surface area contributed by atoms with Crippen molar-refractivity contribution in [3.63, 3.8) is 0 Å². The molecule has 3 aromatic rings. The minimum absolute atomic E-state index is 0.282. The lowest BCUT2D eigenvalue weighted by Gasteiger charge is -2.08. The molecule has 0 atom stereocenters. The zero-order valence-electron chi connectivity index (χ0n) is 16.3. The van der Waals surface area contributed by atoms with Gasteiger partial charge in [-0.15, -0.1) is 13.2 Å². The van der Waals surface area contributed by atoms with Crippen LogP contribution in [-0.2, 0) is 0 Å². The summed E-state index contributed by atoms with van der Waals surface area (Å²) in [6.07, 6.45) is -4.72. The van der Waals surface area contributed by atoms with Crippen LogP contribution in [0.3, 0.4) is 0 Å². The van der Waals surface area contributed by atoms with Gasteiger partial charge in [-0.2, -0.15) is 0 Å². The Balaban J connectivity index is 0.00000145. The summed E-state index contributed by atoms with van der Waals surface area (Å²) in [5.41, 5.74) is 3.37. The molecule has 0 spiro atoms. The van der Waals surface area contributed by atoms with Crippen molar-refractivity contribution in [3.8, 4) is 28.7 Å². The van der Waals surface area contributed by atoms with Crippen molar-refractivity contribution in [3.05, 3.63) is 89.2 Å². The summed E-state index contributed by atoms with van der Waals surface area (Å²) in [5.74, 6) is 5.22. The highest BCUT2D eigenvalue weighted by Gasteiger charge is 2.30. The zero-order valence-corrected chi connectivity index (χ0v) is 16.3. The Hall–Kier alpha value is -3.26. The number of hydrogen-bond donors (Lipinski definition) is 0. The van der Waals surface area contributed by atoms with Crippen LogP contribution in [0.2, 0.25) is 0 Å². The number of benzene rings is 3. The maximum atomic E-state index is 14.0. The first-order valence-corrected chi connectivity index (χ1v) is 9.04. The summed E-state index contributed by atoms with van der Waals surface area (Å²) < 4.78 is 54.3. The smallest absolute Gasteiger partial charge is 0.406 e. The van der Waals surface area contributed by atoms with Gasteiger partial charge in [0.1, 0.15) is 11.6 Å². The minimum Gasteiger partial charge on any atom is -0.406 e. The molecule has 0 N–H and O–H groups in total. The molecule has 1 nitrogen and oxygen atoms in total. The van der Waals surface area contributed by atoms with E-state index in [2.05, 4.69) is 16.6 Å². The van der Waals surface area contributed by atoms with Crippen LogP contribution < -0.4 is 4.74 Å². The normalized spacial score (nSPS) is 10.3. The fraction of sp³-hybridized carbons (Fsp3) is 0.167. The van der Waals surface area contributed by atoms with Gasteiger partial charge < -0.3 is 4.74 Å². The van der Waals surface area contributed by atoms with E-state index >= 15 is 0 Å². The first kappa shape index (κ1) is 22.0. The Bertz CT molecular complexity index is 992. The van der Waals surface area contributed by atoms with Gasteiger partial charge in [0.05, 0.1) is 0 Å². The number of halogens is 4. The van der Waals surface area contributed by atoms with Crippen LogP contribution in [0.4, 0.5) is 17.6 Å². The number of hydrogen-bond acceptors (Lipinski definition) is 1. The van der Waals surface area contributed by atoms with Gasteiger partial charge in [0, 0.05) is 16.7 Å². The molecule has 0 aliphatic heterocycles. The molecular weight excluding hydrogens is 380 g/mol. The van der Waals surface area contributed by atoms with Crippen LogP contribution in [0.25, 0.3) is 11.1 Å². The van der Waals surface area contributed by atoms with E-state index in [0.717, 1.165) is 11.1 Å². The Kier molecular flexibility index (Phi) is 7.44. The average molecular weight is 400 g/mol. The van der Waals surface area contributed by atoms with Crippen LogP contribution in [0, 0.1) is 24.6 Å². The minimum atomic E-state index is -4.72. The van der Waals surface area contributed by atoms with Crippen LogP contribution in [0.5, 0.6) is 5.75 Å². The second kappa shape index (κ2) is 9.79. The molecule has 0 aliphatic rings. The largest absolute Gasteiger partial charge is 0.573 e. The molecule has 0 amide bonds. The van der Waals surface area contributed by atoms with Crippen molar-refractivity contribution in [1.82, 2.24) is 0 Å². The van der Waals surface area contributed by atoms with Gasteiger partial charge in [0.2, 0.25) is 0 Å². The zero-order chi connectivity index (χ0) is 21.4. The third-order valence-corrected chi connectivity index (χ3v) is 3.76. The van der Waals surface area contributed by atoms with Crippen molar-refractivity contribution in [2.75, 3.05) is 0 Å². The number of ether oxygens (including phenoxy) is 1. The molecule has 0 fully saturated rings. The molecule has 0 saturated carbocycles. The quantitative estimate of drug-likeness (QED) is 0.329. The molecule has 3 aromatic carbocycles. The fourth-order valence-electron chi connectivity index (χ4n) is 2.47. The molecule has 0 aromatic heterocycles. The lowest BCUT2D eigenvalue weighted by molar-refractivity contribution is -0.274. The van der Waals surface area contributed by atoms with E-state index in [1.807, 2.05) is 26.8 Å². The van der Waals surface area contributed by atoms with Gasteiger partial charge in [-0.3, -0.25) is 0 Å². The second-order valence-corrected chi connectivity index (χ2v) is 5.88. The summed E-state index contributed by atoms with van der Waals surface area (Å²) in [6, 6.07) is 17.5. The van der Waals surface area contributed by atoms with Gasteiger partial charge in [0.15, 0.2) is 0 Å². The van der Waals surface area contributed by atoms with E-state index in [1.54, 1.807) is 30.3 Å². The van der Waals surface area contributed by atoms with E-state index in [-0.39, 0.29) is 11.6 Å². The number of aryl methyl sites for hydroxylation is 1. The SMILES string of the molecule is CC.Cc1ccc(-c2ccc(C#Cc3ccc(OC(F)(F)F)cc3)cc2)c(F)c1. The molecular formula is C24H20F4O. The molecule has 0 bridgehead atoms. The maximum absolute atomic E-state index is 14.0. The molecule has 3 rings (SSSR count). The van der Waals surface area contributed by atoms with E-state index in [4.69, 9.17) is 0 Å². The number of alkyl halides is 3. The lowest BCUT2D eigenvalue weighted by atomic mass is 10.0. The van der Waals surface area contributed by atoms with Gasteiger partial charge >= 0.3 is 6.36 Å². The lowest BCUT2D eigenvalue weighted by Crippen LogP contribution is -2.16. The van der Waals surface area contributed by atoms with Crippen molar-refractivity contribution in [1.29, 1.82) is 0 Å². The number of rotatable bonds is 2. The highest BCUT2D eigenvalue weighted by Crippen LogP contribution is 2.24. The summed E-state index contributed by atoms with van der Waals surface area (Å²) in [6.45, 7) is 5.83. The predicted molar refractivity (Wildman–Crippen MR) is 107 cm³/mol. The molecule has 0 radical (unpaired) electrons. The highest BCUT2D eigenvalue weighted by molar-refractivity contribution is 5.65. The van der Waals surface area contributed by atoms with E-state index in [1.165, 1.54) is 30.3 Å². The first-order valence-electron chi connectivity index (χ1n) is 9.04. The Labute approximate surface area is 168 Å². The van der Waals surface area contributed by atoms with Gasteiger partial charge in [-0.25, -0.2) is 4.39 Å². The van der Waals surface area contributed by atoms with Gasteiger partial charge in [0.25, 0.3) is 0 Å². The first-order chi connectivity index (χ1) is 13.8. The molecule has 29 heavy (non-hydrogen) atoms. The monoisotopic (exact) mass is 400 g/mol. The summed E-state index contributed by atoms with van der Waals surface area (Å²) in [5, 5.41) is 0. The van der Waals surface area contributed by atoms with Crippen LogP contribution in [-0.4, -0.2) is 6.36 Å². The third kappa shape index (κ3) is 6.69. The van der Waals surface area contributed by atoms with E-state index < -0.39 is 6.36 Å². The predicted octanol–water partition coefficient (Wildman–Crippen LogP) is 7.13. The van der Waals surface area contributed by atoms with Crippen LogP contribution >= 0.6 is 0 Å². The van der Waals surface area contributed by atoms with Crippen LogP contribution in [0.15, 0.2) is 66.7 Å². The standard InChI is InChI=1S/C22H14F4O.C2H6/c1-15-2-13-20(21(23)14-15)18-9-5-16(6-10-18)3-4-17-7-11-19(12-8-17)27-22(24,25)26;1-2/h2,5-14H,1H3;1-2H3. The third-order valence-electron chi connectivity index (χ3n) is 3.76. The molecule has 0 saturated heterocycles. The van der Waals surface area contributed by atoms with E-state index in [9.17, 15) is 17.6 Å². The van der Waals surface area contributed by atoms with Crippen LogP contribution in [0.1, 0.15) is 30.5 Å². The van der Waals surface area contributed by atoms with E-state index in [0.29, 0.717) is 16.7 Å². The van der Waals surface area contributed by atoms with Crippen molar-refractivity contribution >= 4 is 0 Å². The van der Waals surface area contributed by atoms with Crippen molar-refractivity contribution < 1.29 is 22.3 Å². The Morgan fingerprint density at radius 1 is 0.759 bits per heavy atom. The van der Waals surface area contributed by atoms with Gasteiger partial charge in [-0.05, 0) is 60.5 Å². The van der Waals surface area contributed by atoms with Gasteiger partial charge in [-0.1, -0.05) is 50.0 Å². The topological polar surface area (TPSA) is 9.23 Å². The molecule has 5 heteroatoms. The highest BCUT2D eigenvalue weighted by atomic mass is 19.4. The average Bonchev–Trinajstić information content (AvgIpc) is 2.68. The summed E-state index contributed by atoms with van der Waals surface area (Å²) in [4.78, 5) is 0. The van der Waals surface area contributed by atoms with Crippen molar-refractivity contribution in [2.45, 2.75) is 27.1 Å². The Morgan fingerprint density at radius 2 is 1.28 bits per heavy atom. The molecule has 0 unspecified atom stereocenters. The van der Waals surface area contributed by atoms with Crippen molar-refractivity contribution in [2.24, 2.45) is 0 Å². The maximum Gasteiger partial charge on any atom is 0.573 e. The summed E-state index contributed by atoms with van der Waals surface area (Å²) >= 11 is 0. The summed E-state index contributed by atoms with van der Waals surface area (Å²) in [7, 11) is 0. The Morgan fingerprint density at radius 3 is 1.76 bits per heavy atom.